The molecule has 0 radical (unpaired) electrons. The molecule has 0 aliphatic carbocycles. The minimum atomic E-state index is -1.64. The number of hydrogen-bond donors (Lipinski definition) is 6. The van der Waals surface area contributed by atoms with Crippen molar-refractivity contribution >= 4 is 11.9 Å². The molecular weight excluding hydrogens is 1050 g/mol. The van der Waals surface area contributed by atoms with Gasteiger partial charge in [-0.3, -0.25) is 9.59 Å². The molecule has 1 rings (SSSR count). The van der Waals surface area contributed by atoms with Crippen molar-refractivity contribution in [3.63, 3.8) is 0 Å². The third-order valence-electron chi connectivity index (χ3n) is 15.7. The molecule has 11 heteroatoms. The number of esters is 1. The van der Waals surface area contributed by atoms with Gasteiger partial charge in [-0.2, -0.15) is 0 Å². The number of amides is 1. The molecule has 8 unspecified atom stereocenters. The summed E-state index contributed by atoms with van der Waals surface area (Å²) in [5.41, 5.74) is 0. The van der Waals surface area contributed by atoms with Crippen molar-refractivity contribution in [1.82, 2.24) is 5.32 Å². The van der Waals surface area contributed by atoms with Gasteiger partial charge in [0.1, 0.15) is 24.4 Å². The number of unbranched alkanes of at least 4 members (excludes halogenated alkanes) is 30. The Labute approximate surface area is 514 Å². The van der Waals surface area contributed by atoms with E-state index in [1.54, 1.807) is 6.08 Å². The standard InChI is InChI=1S/C73H127NO10/c1-4-7-10-13-16-19-22-25-27-29-30-31-32-33-34-35-36-37-39-40-42-45-48-51-54-57-60-66(77)72(81)74-64(65(76)59-56-53-50-47-44-24-21-18-15-12-9-6-3)63-82-73-71(70(80)69(79)67(62-75)83-73)84-68(78)61-58-55-52-49-46-43-41-38-28-26-23-20-17-14-11-8-5-2/h8,11,16-17,19-20,25-28,41,43,49,52,56,59,64-67,69-71,73,75-77,79-80H,4-7,9-10,12-15,18,21-24,29-40,42,44-48,50-51,53-55,57-58,60-63H2,1-3H3,(H,74,81)/b11-8-,19-16-,20-17-,27-25-,28-26-,43-41-,52-49-,59-56+. The smallest absolute Gasteiger partial charge is 0.306 e. The molecule has 11 nitrogen and oxygen atoms in total. The number of aliphatic hydroxyl groups excluding tert-OH is 5. The molecule has 0 bridgehead atoms. The third kappa shape index (κ3) is 46.8. The number of aliphatic hydroxyl groups is 5. The zero-order valence-corrected chi connectivity index (χ0v) is 53.7. The molecule has 1 fully saturated rings. The first-order valence-electron chi connectivity index (χ1n) is 34.5. The van der Waals surface area contributed by atoms with Crippen LogP contribution in [0.5, 0.6) is 0 Å². The Bertz CT molecular complexity index is 1740. The van der Waals surface area contributed by atoms with E-state index in [4.69, 9.17) is 14.2 Å². The summed E-state index contributed by atoms with van der Waals surface area (Å²) in [5.74, 6) is -1.25. The maximum absolute atomic E-state index is 13.5. The van der Waals surface area contributed by atoms with Crippen molar-refractivity contribution in [3.05, 3.63) is 97.2 Å². The minimum Gasteiger partial charge on any atom is -0.454 e. The normalized spacial score (nSPS) is 19.1. The molecule has 0 aromatic heterocycles. The number of allylic oxidation sites excluding steroid dienone is 15. The maximum atomic E-state index is 13.5. The summed E-state index contributed by atoms with van der Waals surface area (Å²) in [4.78, 5) is 26.6. The topological polar surface area (TPSA) is 175 Å². The number of nitrogens with one attached hydrogen (secondary N) is 1. The highest BCUT2D eigenvalue weighted by Crippen LogP contribution is 2.26. The van der Waals surface area contributed by atoms with Crippen LogP contribution in [-0.4, -0.2) is 99.6 Å². The lowest BCUT2D eigenvalue weighted by atomic mass is 9.99. The van der Waals surface area contributed by atoms with Crippen LogP contribution in [-0.2, 0) is 23.8 Å². The average Bonchev–Trinajstić information content (AvgIpc) is 3.69. The van der Waals surface area contributed by atoms with Gasteiger partial charge in [-0.25, -0.2) is 0 Å². The third-order valence-corrected chi connectivity index (χ3v) is 15.7. The maximum Gasteiger partial charge on any atom is 0.306 e. The summed E-state index contributed by atoms with van der Waals surface area (Å²) < 4.78 is 17.6. The number of rotatable bonds is 58. The van der Waals surface area contributed by atoms with Crippen LogP contribution in [0.2, 0.25) is 0 Å². The first kappa shape index (κ1) is 78.6. The largest absolute Gasteiger partial charge is 0.454 e. The summed E-state index contributed by atoms with van der Waals surface area (Å²) in [7, 11) is 0. The van der Waals surface area contributed by atoms with Crippen molar-refractivity contribution in [1.29, 1.82) is 0 Å². The van der Waals surface area contributed by atoms with Crippen LogP contribution in [0, 0.1) is 0 Å². The molecule has 0 saturated carbocycles. The van der Waals surface area contributed by atoms with Gasteiger partial charge < -0.3 is 45.1 Å². The molecule has 1 aliphatic rings. The zero-order valence-electron chi connectivity index (χ0n) is 53.7. The fourth-order valence-corrected chi connectivity index (χ4v) is 10.3. The van der Waals surface area contributed by atoms with Crippen molar-refractivity contribution in [3.8, 4) is 0 Å². The van der Waals surface area contributed by atoms with E-state index in [1.807, 2.05) is 18.2 Å². The Kier molecular flexibility index (Phi) is 56.0. The van der Waals surface area contributed by atoms with Gasteiger partial charge in [-0.05, 0) is 96.3 Å². The van der Waals surface area contributed by atoms with Gasteiger partial charge >= 0.3 is 5.97 Å². The molecular formula is C73H127NO10. The van der Waals surface area contributed by atoms with E-state index in [2.05, 4.69) is 99.0 Å². The minimum absolute atomic E-state index is 0.0422. The Morgan fingerprint density at radius 2 is 0.857 bits per heavy atom. The molecule has 1 saturated heterocycles. The van der Waals surface area contributed by atoms with Crippen LogP contribution in [0.15, 0.2) is 97.2 Å². The molecule has 0 spiro atoms. The highest BCUT2D eigenvalue weighted by molar-refractivity contribution is 5.80. The van der Waals surface area contributed by atoms with Gasteiger partial charge in [-0.1, -0.05) is 285 Å². The van der Waals surface area contributed by atoms with E-state index in [0.29, 0.717) is 19.3 Å². The number of carbonyl (C=O) groups is 2. The molecule has 0 aromatic rings. The molecule has 1 heterocycles. The van der Waals surface area contributed by atoms with E-state index >= 15 is 0 Å². The van der Waals surface area contributed by atoms with E-state index in [-0.39, 0.29) is 19.4 Å². The van der Waals surface area contributed by atoms with Crippen molar-refractivity contribution in [2.75, 3.05) is 13.2 Å². The summed E-state index contributed by atoms with van der Waals surface area (Å²) in [6.07, 6.45) is 70.3. The summed E-state index contributed by atoms with van der Waals surface area (Å²) in [6, 6.07) is -1.04. The lowest BCUT2D eigenvalue weighted by molar-refractivity contribution is -0.305. The van der Waals surface area contributed by atoms with Gasteiger partial charge in [0, 0.05) is 6.42 Å². The van der Waals surface area contributed by atoms with Gasteiger partial charge in [0.2, 0.25) is 5.91 Å². The Hall–Kier alpha value is -3.42. The molecule has 484 valence electrons. The van der Waals surface area contributed by atoms with Crippen LogP contribution in [0.4, 0.5) is 0 Å². The average molecular weight is 1180 g/mol. The van der Waals surface area contributed by atoms with Gasteiger partial charge in [0.05, 0.1) is 25.4 Å². The van der Waals surface area contributed by atoms with E-state index < -0.39 is 67.4 Å². The molecule has 1 amide bonds. The second-order valence-corrected chi connectivity index (χ2v) is 23.5. The molecule has 0 aromatic carbocycles. The second-order valence-electron chi connectivity index (χ2n) is 23.5. The quantitative estimate of drug-likeness (QED) is 0.0195. The lowest BCUT2D eigenvalue weighted by Crippen LogP contribution is -2.61. The van der Waals surface area contributed by atoms with Crippen molar-refractivity contribution < 1.29 is 49.3 Å². The fourth-order valence-electron chi connectivity index (χ4n) is 10.3. The highest BCUT2D eigenvalue weighted by atomic mass is 16.7. The molecule has 6 N–H and O–H groups in total. The highest BCUT2D eigenvalue weighted by Gasteiger charge is 2.47. The van der Waals surface area contributed by atoms with E-state index in [1.165, 1.54) is 161 Å². The summed E-state index contributed by atoms with van der Waals surface area (Å²) in [5, 5.41) is 57.1. The Morgan fingerprint density at radius 3 is 1.31 bits per heavy atom. The van der Waals surface area contributed by atoms with Crippen LogP contribution in [0.1, 0.15) is 290 Å². The first-order valence-corrected chi connectivity index (χ1v) is 34.5. The lowest BCUT2D eigenvalue weighted by Gasteiger charge is -2.41. The first-order chi connectivity index (χ1) is 41.2. The molecule has 84 heavy (non-hydrogen) atoms. The van der Waals surface area contributed by atoms with E-state index in [9.17, 15) is 35.1 Å². The van der Waals surface area contributed by atoms with Gasteiger partial charge in [-0.15, -0.1) is 0 Å². The Morgan fingerprint density at radius 1 is 0.476 bits per heavy atom. The number of carbonyl (C=O) groups excluding carboxylic acids is 2. The van der Waals surface area contributed by atoms with Crippen molar-refractivity contribution in [2.45, 2.75) is 339 Å². The predicted molar refractivity (Wildman–Crippen MR) is 352 cm³/mol. The summed E-state index contributed by atoms with van der Waals surface area (Å²) >= 11 is 0. The molecule has 1 aliphatic heterocycles. The molecule has 8 atom stereocenters. The van der Waals surface area contributed by atoms with E-state index in [0.717, 1.165) is 77.0 Å². The van der Waals surface area contributed by atoms with Crippen LogP contribution in [0.3, 0.4) is 0 Å². The number of hydrogen-bond acceptors (Lipinski definition) is 10. The number of ether oxygens (including phenoxy) is 3. The zero-order chi connectivity index (χ0) is 61.0. The predicted octanol–water partition coefficient (Wildman–Crippen LogP) is 17.5. The monoisotopic (exact) mass is 1180 g/mol. The SMILES string of the molecule is CC/C=C\C/C=C\C/C=C\C/C=C\C/C=C\CCCC(=O)OC1C(OCC(NC(=O)C(O)CCCCCCCCCCCCCCCCCC/C=C\C/C=C\CCCCC)C(O)/C=C/CCCCCCCCCCCC)OC(CO)C(O)C1O. The van der Waals surface area contributed by atoms with Crippen LogP contribution >= 0.6 is 0 Å². The van der Waals surface area contributed by atoms with Crippen LogP contribution in [0.25, 0.3) is 0 Å². The summed E-state index contributed by atoms with van der Waals surface area (Å²) in [6.45, 7) is 5.64. The Balaban J connectivity index is 2.59. The van der Waals surface area contributed by atoms with Crippen molar-refractivity contribution in [2.24, 2.45) is 0 Å². The van der Waals surface area contributed by atoms with Gasteiger partial charge in [0.25, 0.3) is 0 Å². The fraction of sp³-hybridized carbons (Fsp3) is 0.753. The van der Waals surface area contributed by atoms with Crippen LogP contribution < -0.4 is 5.32 Å². The van der Waals surface area contributed by atoms with Gasteiger partial charge in [0.15, 0.2) is 12.4 Å². The second kappa shape index (κ2) is 59.9.